The molecule has 1 fully saturated rings. The Morgan fingerprint density at radius 2 is 2.10 bits per heavy atom. The molecule has 2 atom stereocenters. The molecule has 2 N–H and O–H groups in total. The van der Waals surface area contributed by atoms with Crippen LogP contribution < -0.4 is 5.73 Å². The van der Waals surface area contributed by atoms with E-state index in [9.17, 15) is 0 Å². The zero-order valence-electron chi connectivity index (χ0n) is 17.7. The first-order chi connectivity index (χ1) is 15.1. The summed E-state index contributed by atoms with van der Waals surface area (Å²) in [6.07, 6.45) is 5.75. The highest BCUT2D eigenvalue weighted by atomic mass is 35.5. The molecule has 3 heterocycles. The monoisotopic (exact) mass is 445 g/mol. The third kappa shape index (κ3) is 5.15. The second kappa shape index (κ2) is 9.91. The van der Waals surface area contributed by atoms with Crippen LogP contribution in [0.25, 0.3) is 11.2 Å². The lowest BCUT2D eigenvalue weighted by Crippen LogP contribution is -2.45. The Balaban J connectivity index is 1.56. The molecule has 2 unspecified atom stereocenters. The normalized spacial score (nSPS) is 20.2. The van der Waals surface area contributed by atoms with Crippen molar-refractivity contribution in [1.29, 1.82) is 0 Å². The molecule has 0 aliphatic carbocycles. The van der Waals surface area contributed by atoms with E-state index in [0.29, 0.717) is 31.0 Å². The minimum atomic E-state index is -0.828. The SMILES string of the molecule is CCCC(OC1(COCc2ccccc2)CCCCO1)n1cnc2c(Cl)nc(N)nc21. The highest BCUT2D eigenvalue weighted by Gasteiger charge is 2.38. The van der Waals surface area contributed by atoms with Crippen molar-refractivity contribution in [1.82, 2.24) is 19.5 Å². The van der Waals surface area contributed by atoms with Gasteiger partial charge < -0.3 is 19.9 Å². The average Bonchev–Trinajstić information content (AvgIpc) is 3.19. The van der Waals surface area contributed by atoms with E-state index in [4.69, 9.17) is 31.5 Å². The van der Waals surface area contributed by atoms with Crippen molar-refractivity contribution >= 4 is 28.7 Å². The average molecular weight is 446 g/mol. The van der Waals surface area contributed by atoms with Gasteiger partial charge in [-0.2, -0.15) is 9.97 Å². The molecule has 4 rings (SSSR count). The van der Waals surface area contributed by atoms with Gasteiger partial charge in [-0.3, -0.25) is 4.57 Å². The van der Waals surface area contributed by atoms with Gasteiger partial charge in [0.2, 0.25) is 5.95 Å². The molecule has 166 valence electrons. The lowest BCUT2D eigenvalue weighted by molar-refractivity contribution is -0.309. The Hall–Kier alpha value is -2.26. The van der Waals surface area contributed by atoms with Crippen LogP contribution in [0.15, 0.2) is 36.7 Å². The van der Waals surface area contributed by atoms with E-state index < -0.39 is 5.79 Å². The Kier molecular flexibility index (Phi) is 7.02. The molecule has 3 aromatic rings. The number of nitrogens with two attached hydrogens (primary N) is 1. The van der Waals surface area contributed by atoms with Gasteiger partial charge >= 0.3 is 0 Å². The first-order valence-corrected chi connectivity index (χ1v) is 11.1. The third-order valence-electron chi connectivity index (χ3n) is 5.34. The molecule has 0 bridgehead atoms. The van der Waals surface area contributed by atoms with Gasteiger partial charge in [0, 0.05) is 6.42 Å². The van der Waals surface area contributed by atoms with Gasteiger partial charge in [-0.15, -0.1) is 0 Å². The van der Waals surface area contributed by atoms with Gasteiger partial charge in [-0.25, -0.2) is 4.98 Å². The molecule has 1 saturated heterocycles. The van der Waals surface area contributed by atoms with E-state index >= 15 is 0 Å². The van der Waals surface area contributed by atoms with Crippen LogP contribution in [0.3, 0.4) is 0 Å². The number of rotatable bonds is 9. The van der Waals surface area contributed by atoms with Gasteiger partial charge in [0.05, 0.1) is 19.5 Å². The molecule has 0 saturated carbocycles. The Bertz CT molecular complexity index is 991. The second-order valence-electron chi connectivity index (χ2n) is 7.75. The second-order valence-corrected chi connectivity index (χ2v) is 8.11. The number of hydrogen-bond donors (Lipinski definition) is 1. The summed E-state index contributed by atoms with van der Waals surface area (Å²) in [5.41, 5.74) is 7.98. The summed E-state index contributed by atoms with van der Waals surface area (Å²) in [6, 6.07) is 10.1. The minimum Gasteiger partial charge on any atom is -0.371 e. The summed E-state index contributed by atoms with van der Waals surface area (Å²) in [6.45, 7) is 3.58. The third-order valence-corrected chi connectivity index (χ3v) is 5.61. The summed E-state index contributed by atoms with van der Waals surface area (Å²) < 4.78 is 20.7. The highest BCUT2D eigenvalue weighted by molar-refractivity contribution is 6.33. The molecule has 0 radical (unpaired) electrons. The fourth-order valence-electron chi connectivity index (χ4n) is 3.82. The lowest BCUT2D eigenvalue weighted by atomic mass is 10.1. The summed E-state index contributed by atoms with van der Waals surface area (Å²) in [4.78, 5) is 12.7. The van der Waals surface area contributed by atoms with E-state index in [2.05, 4.69) is 21.9 Å². The van der Waals surface area contributed by atoms with Gasteiger partial charge in [0.1, 0.15) is 18.4 Å². The van der Waals surface area contributed by atoms with Gasteiger partial charge in [0.15, 0.2) is 16.6 Å². The topological polar surface area (TPSA) is 97.3 Å². The summed E-state index contributed by atoms with van der Waals surface area (Å²) >= 11 is 6.21. The maximum Gasteiger partial charge on any atom is 0.223 e. The van der Waals surface area contributed by atoms with Crippen molar-refractivity contribution in [2.75, 3.05) is 18.9 Å². The van der Waals surface area contributed by atoms with Crippen LogP contribution in [0, 0.1) is 0 Å². The van der Waals surface area contributed by atoms with Crippen LogP contribution in [0.2, 0.25) is 5.15 Å². The smallest absolute Gasteiger partial charge is 0.223 e. The van der Waals surface area contributed by atoms with Crippen molar-refractivity contribution in [3.8, 4) is 0 Å². The molecule has 1 aromatic carbocycles. The van der Waals surface area contributed by atoms with E-state index in [1.54, 1.807) is 6.33 Å². The summed E-state index contributed by atoms with van der Waals surface area (Å²) in [7, 11) is 0. The van der Waals surface area contributed by atoms with Crippen molar-refractivity contribution in [2.45, 2.75) is 57.6 Å². The molecule has 1 aliphatic rings. The molecular formula is C22H28ClN5O3. The van der Waals surface area contributed by atoms with Crippen LogP contribution in [-0.4, -0.2) is 38.5 Å². The van der Waals surface area contributed by atoms with Crippen LogP contribution in [0.5, 0.6) is 0 Å². The number of imidazole rings is 1. The number of anilines is 1. The maximum absolute atomic E-state index is 6.62. The molecular weight excluding hydrogens is 418 g/mol. The standard InChI is InChI=1S/C22H28ClN5O3/c1-2-8-17(28-15-25-18-19(23)26-21(24)27-20(18)28)31-22(11-6-7-12-30-22)14-29-13-16-9-4-3-5-10-16/h3-5,9-10,15,17H,2,6-8,11-14H2,1H3,(H2,24,26,27). The first-order valence-electron chi connectivity index (χ1n) is 10.7. The maximum atomic E-state index is 6.62. The number of halogens is 1. The van der Waals surface area contributed by atoms with Crippen LogP contribution in [0.1, 0.15) is 50.8 Å². The van der Waals surface area contributed by atoms with E-state index in [0.717, 1.165) is 37.7 Å². The van der Waals surface area contributed by atoms with Gasteiger partial charge in [-0.1, -0.05) is 55.3 Å². The summed E-state index contributed by atoms with van der Waals surface area (Å²) in [5.74, 6) is -0.726. The molecule has 2 aromatic heterocycles. The largest absolute Gasteiger partial charge is 0.371 e. The number of ether oxygens (including phenoxy) is 3. The number of nitrogens with zero attached hydrogens (tertiary/aromatic N) is 4. The van der Waals surface area contributed by atoms with E-state index in [1.165, 1.54) is 0 Å². The fraction of sp³-hybridized carbons (Fsp3) is 0.500. The minimum absolute atomic E-state index is 0.101. The number of aromatic nitrogens is 4. The Morgan fingerprint density at radius 3 is 2.84 bits per heavy atom. The Morgan fingerprint density at radius 1 is 1.26 bits per heavy atom. The van der Waals surface area contributed by atoms with E-state index in [-0.39, 0.29) is 17.3 Å². The van der Waals surface area contributed by atoms with E-state index in [1.807, 2.05) is 34.9 Å². The number of hydrogen-bond acceptors (Lipinski definition) is 7. The summed E-state index contributed by atoms with van der Waals surface area (Å²) in [5, 5.41) is 0.228. The number of nitrogen functional groups attached to an aromatic ring is 1. The first kappa shape index (κ1) is 22.0. The zero-order chi connectivity index (χ0) is 21.7. The lowest BCUT2D eigenvalue weighted by Gasteiger charge is -2.39. The predicted molar refractivity (Wildman–Crippen MR) is 118 cm³/mol. The predicted octanol–water partition coefficient (Wildman–Crippen LogP) is 4.49. The van der Waals surface area contributed by atoms with Crippen molar-refractivity contribution in [3.05, 3.63) is 47.4 Å². The molecule has 0 amide bonds. The zero-order valence-corrected chi connectivity index (χ0v) is 18.4. The van der Waals surface area contributed by atoms with Crippen LogP contribution in [-0.2, 0) is 20.8 Å². The number of fused-ring (bicyclic) bond motifs is 1. The van der Waals surface area contributed by atoms with Crippen LogP contribution >= 0.6 is 11.6 Å². The van der Waals surface area contributed by atoms with Crippen molar-refractivity contribution in [2.24, 2.45) is 0 Å². The molecule has 0 spiro atoms. The van der Waals surface area contributed by atoms with Crippen LogP contribution in [0.4, 0.5) is 5.95 Å². The quantitative estimate of drug-likeness (QED) is 0.484. The van der Waals surface area contributed by atoms with Gasteiger partial charge in [0.25, 0.3) is 0 Å². The molecule has 8 nitrogen and oxygen atoms in total. The Labute approximate surface area is 186 Å². The van der Waals surface area contributed by atoms with Crippen molar-refractivity contribution < 1.29 is 14.2 Å². The van der Waals surface area contributed by atoms with Crippen molar-refractivity contribution in [3.63, 3.8) is 0 Å². The molecule has 1 aliphatic heterocycles. The fourth-order valence-corrected chi connectivity index (χ4v) is 4.04. The van der Waals surface area contributed by atoms with Gasteiger partial charge in [-0.05, 0) is 24.8 Å². The number of benzene rings is 1. The molecule has 9 heteroatoms. The molecule has 31 heavy (non-hydrogen) atoms. The highest BCUT2D eigenvalue weighted by Crippen LogP contribution is 2.34.